The molecule has 2 N–H and O–H groups in total. The number of nitrogens with zero attached hydrogens (tertiary/aromatic N) is 1. The highest BCUT2D eigenvalue weighted by Gasteiger charge is 2.12. The molecule has 0 saturated carbocycles. The van der Waals surface area contributed by atoms with Crippen LogP contribution in [0, 0.1) is 6.92 Å². The first-order valence-electron chi connectivity index (χ1n) is 5.32. The Morgan fingerprint density at radius 1 is 1.53 bits per heavy atom. The van der Waals surface area contributed by atoms with Crippen LogP contribution in [0.1, 0.15) is 18.2 Å². The number of hydrogen-bond donors (Lipinski definition) is 1. The number of esters is 2. The van der Waals surface area contributed by atoms with E-state index in [0.29, 0.717) is 16.3 Å². The number of carbonyl (C=O) groups is 2. The van der Waals surface area contributed by atoms with Crippen LogP contribution < -0.4 is 5.73 Å². The van der Waals surface area contributed by atoms with Crippen molar-refractivity contribution in [2.45, 2.75) is 13.8 Å². The molecule has 1 aromatic heterocycles. The summed E-state index contributed by atoms with van der Waals surface area (Å²) in [6.45, 7) is 2.45. The van der Waals surface area contributed by atoms with E-state index in [1.165, 1.54) is 13.1 Å². The minimum atomic E-state index is -0.747. The first-order valence-corrected chi connectivity index (χ1v) is 5.70. The van der Waals surface area contributed by atoms with Gasteiger partial charge in [0.25, 0.3) is 0 Å². The number of pyridine rings is 1. The highest BCUT2D eigenvalue weighted by atomic mass is 35.5. The van der Waals surface area contributed by atoms with Gasteiger partial charge >= 0.3 is 11.9 Å². The first-order chi connectivity index (χ1) is 8.93. The van der Waals surface area contributed by atoms with Crippen LogP contribution in [0.2, 0.25) is 5.02 Å². The van der Waals surface area contributed by atoms with Crippen LogP contribution in [0.15, 0.2) is 18.5 Å². The zero-order valence-electron chi connectivity index (χ0n) is 10.5. The molecule has 0 aliphatic heterocycles. The van der Waals surface area contributed by atoms with Gasteiger partial charge in [0.15, 0.2) is 12.4 Å². The summed E-state index contributed by atoms with van der Waals surface area (Å²) in [5.41, 5.74) is 6.48. The Balaban J connectivity index is 2.76. The van der Waals surface area contributed by atoms with Crippen LogP contribution in [0.25, 0.3) is 5.76 Å². The smallest absolute Gasteiger partial charge is 0.349 e. The quantitative estimate of drug-likeness (QED) is 0.664. The van der Waals surface area contributed by atoms with E-state index in [-0.39, 0.29) is 5.76 Å². The Morgan fingerprint density at radius 2 is 2.21 bits per heavy atom. The Kier molecular flexibility index (Phi) is 5.32. The Bertz CT molecular complexity index is 528. The van der Waals surface area contributed by atoms with Gasteiger partial charge in [0.1, 0.15) is 0 Å². The zero-order valence-corrected chi connectivity index (χ0v) is 11.2. The van der Waals surface area contributed by atoms with Crippen LogP contribution >= 0.6 is 11.6 Å². The van der Waals surface area contributed by atoms with Crippen LogP contribution in [0.5, 0.6) is 0 Å². The maximum atomic E-state index is 11.4. The van der Waals surface area contributed by atoms with Crippen molar-refractivity contribution in [3.8, 4) is 0 Å². The fraction of sp³-hybridized carbons (Fsp3) is 0.250. The number of nitrogens with two attached hydrogens (primary N) is 1. The van der Waals surface area contributed by atoms with Crippen molar-refractivity contribution in [2.75, 3.05) is 6.61 Å². The van der Waals surface area contributed by atoms with E-state index >= 15 is 0 Å². The average molecular weight is 285 g/mol. The number of halogens is 1. The van der Waals surface area contributed by atoms with E-state index in [1.54, 1.807) is 13.0 Å². The largest absolute Gasteiger partial charge is 0.454 e. The molecule has 1 aromatic rings. The van der Waals surface area contributed by atoms with Gasteiger partial charge in [-0.05, 0) is 13.0 Å². The van der Waals surface area contributed by atoms with Gasteiger partial charge in [0.05, 0.1) is 10.7 Å². The predicted molar refractivity (Wildman–Crippen MR) is 68.9 cm³/mol. The molecule has 7 heteroatoms. The summed E-state index contributed by atoms with van der Waals surface area (Å²) in [7, 11) is 0. The second-order valence-electron chi connectivity index (χ2n) is 3.58. The highest BCUT2D eigenvalue weighted by Crippen LogP contribution is 2.20. The fourth-order valence-electron chi connectivity index (χ4n) is 1.14. The monoisotopic (exact) mass is 284 g/mol. The third kappa shape index (κ3) is 4.59. The summed E-state index contributed by atoms with van der Waals surface area (Å²) in [6, 6.07) is 1.57. The predicted octanol–water partition coefficient (Wildman–Crippen LogP) is 1.41. The number of aromatic nitrogens is 1. The summed E-state index contributed by atoms with van der Waals surface area (Å²) >= 11 is 5.91. The molecule has 1 heterocycles. The summed E-state index contributed by atoms with van der Waals surface area (Å²) in [5, 5.41) is 0.424. The number of rotatable bonds is 4. The Hall–Kier alpha value is -2.08. The Labute approximate surface area is 115 Å². The van der Waals surface area contributed by atoms with E-state index < -0.39 is 18.5 Å². The third-order valence-electron chi connectivity index (χ3n) is 2.08. The van der Waals surface area contributed by atoms with Crippen molar-refractivity contribution < 1.29 is 19.1 Å². The molecule has 6 nitrogen and oxygen atoms in total. The molecule has 0 bridgehead atoms. The summed E-state index contributed by atoms with van der Waals surface area (Å²) in [5.74, 6) is -1.23. The molecule has 0 unspecified atom stereocenters. The standard InChI is InChI=1S/C12H13ClN2O4/c1-7-10(13)3-9(5-15-7)11(4-14)19-12(17)6-18-8(2)16/h3-5H,6,14H2,1-2H3/b11-4+. The van der Waals surface area contributed by atoms with Crippen molar-refractivity contribution in [3.63, 3.8) is 0 Å². The highest BCUT2D eigenvalue weighted by molar-refractivity contribution is 6.31. The van der Waals surface area contributed by atoms with Gasteiger partial charge in [0, 0.05) is 24.9 Å². The van der Waals surface area contributed by atoms with E-state index in [0.717, 1.165) is 6.20 Å². The molecule has 0 atom stereocenters. The molecule has 0 fully saturated rings. The second-order valence-corrected chi connectivity index (χ2v) is 3.98. The molecule has 0 saturated heterocycles. The van der Waals surface area contributed by atoms with Crippen molar-refractivity contribution >= 4 is 29.3 Å². The van der Waals surface area contributed by atoms with Crippen LogP contribution in [-0.4, -0.2) is 23.5 Å². The minimum Gasteiger partial charge on any atom is -0.454 e. The molecule has 0 radical (unpaired) electrons. The van der Waals surface area contributed by atoms with Gasteiger partial charge in [-0.15, -0.1) is 0 Å². The molecule has 102 valence electrons. The minimum absolute atomic E-state index is 0.0894. The summed E-state index contributed by atoms with van der Waals surface area (Å²) in [4.78, 5) is 26.0. The van der Waals surface area contributed by atoms with Gasteiger partial charge in [-0.3, -0.25) is 9.78 Å². The van der Waals surface area contributed by atoms with Gasteiger partial charge in [-0.25, -0.2) is 4.79 Å². The van der Waals surface area contributed by atoms with Crippen molar-refractivity contribution in [3.05, 3.63) is 34.7 Å². The van der Waals surface area contributed by atoms with E-state index in [9.17, 15) is 9.59 Å². The Morgan fingerprint density at radius 3 is 2.74 bits per heavy atom. The van der Waals surface area contributed by atoms with Crippen LogP contribution in [-0.2, 0) is 19.1 Å². The number of carbonyl (C=O) groups excluding carboxylic acids is 2. The molecular weight excluding hydrogens is 272 g/mol. The lowest BCUT2D eigenvalue weighted by atomic mass is 10.2. The van der Waals surface area contributed by atoms with Crippen molar-refractivity contribution in [2.24, 2.45) is 5.73 Å². The maximum absolute atomic E-state index is 11.4. The number of aryl methyl sites for hydroxylation is 1. The third-order valence-corrected chi connectivity index (χ3v) is 2.46. The topological polar surface area (TPSA) is 91.5 Å². The van der Waals surface area contributed by atoms with Gasteiger partial charge in [-0.1, -0.05) is 11.6 Å². The van der Waals surface area contributed by atoms with Gasteiger partial charge in [-0.2, -0.15) is 0 Å². The average Bonchev–Trinajstić information content (AvgIpc) is 2.37. The summed E-state index contributed by atoms with van der Waals surface area (Å²) in [6.07, 6.45) is 2.58. The molecular formula is C12H13ClN2O4. The first kappa shape index (κ1) is 15.0. The van der Waals surface area contributed by atoms with E-state index in [1.807, 2.05) is 0 Å². The molecule has 0 amide bonds. The van der Waals surface area contributed by atoms with E-state index in [2.05, 4.69) is 9.72 Å². The lowest BCUT2D eigenvalue weighted by molar-refractivity contribution is -0.153. The summed E-state index contributed by atoms with van der Waals surface area (Å²) < 4.78 is 9.46. The SMILES string of the molecule is CC(=O)OCC(=O)O/C(=C/N)c1cnc(C)c(Cl)c1. The lowest BCUT2D eigenvalue weighted by Gasteiger charge is -2.09. The van der Waals surface area contributed by atoms with Crippen LogP contribution in [0.3, 0.4) is 0 Å². The number of hydrogen-bond acceptors (Lipinski definition) is 6. The fourth-order valence-corrected chi connectivity index (χ4v) is 1.31. The molecule has 0 spiro atoms. The maximum Gasteiger partial charge on any atom is 0.349 e. The molecule has 0 aliphatic carbocycles. The molecule has 0 aliphatic rings. The molecule has 0 aromatic carbocycles. The van der Waals surface area contributed by atoms with Crippen LogP contribution in [0.4, 0.5) is 0 Å². The normalized spacial score (nSPS) is 11.0. The second kappa shape index (κ2) is 6.75. The van der Waals surface area contributed by atoms with E-state index in [4.69, 9.17) is 22.1 Å². The zero-order chi connectivity index (χ0) is 14.4. The van der Waals surface area contributed by atoms with Gasteiger partial charge in [0.2, 0.25) is 0 Å². The molecule has 19 heavy (non-hydrogen) atoms. The lowest BCUT2D eigenvalue weighted by Crippen LogP contribution is -2.15. The van der Waals surface area contributed by atoms with Crippen molar-refractivity contribution in [1.82, 2.24) is 4.98 Å². The number of ether oxygens (including phenoxy) is 2. The van der Waals surface area contributed by atoms with Crippen molar-refractivity contribution in [1.29, 1.82) is 0 Å². The van der Waals surface area contributed by atoms with Gasteiger partial charge < -0.3 is 15.2 Å². The molecule has 1 rings (SSSR count).